The van der Waals surface area contributed by atoms with E-state index >= 15 is 0 Å². The molecule has 3 N–H and O–H groups in total. The Bertz CT molecular complexity index is 577. The molecule has 2 atom stereocenters. The molecule has 0 radical (unpaired) electrons. The van der Waals surface area contributed by atoms with Crippen LogP contribution in [0.1, 0.15) is 25.0 Å². The van der Waals surface area contributed by atoms with Gasteiger partial charge >= 0.3 is 0 Å². The number of nitrogens with one attached hydrogen (secondary N) is 1. The lowest BCUT2D eigenvalue weighted by atomic mass is 10.0. The van der Waals surface area contributed by atoms with Gasteiger partial charge in [-0.25, -0.2) is 0 Å². The van der Waals surface area contributed by atoms with Crippen LogP contribution >= 0.6 is 0 Å². The SMILES string of the molecule is CC(N)C(C)C(=O)NCc1cnn(Cc2ccccc2)c1. The van der Waals surface area contributed by atoms with Crippen LogP contribution in [0.5, 0.6) is 0 Å². The minimum Gasteiger partial charge on any atom is -0.352 e. The lowest BCUT2D eigenvalue weighted by Gasteiger charge is -2.14. The van der Waals surface area contributed by atoms with E-state index < -0.39 is 0 Å². The second-order valence-corrected chi connectivity index (χ2v) is 5.40. The second-order valence-electron chi connectivity index (χ2n) is 5.40. The van der Waals surface area contributed by atoms with Crippen molar-refractivity contribution in [3.05, 3.63) is 53.9 Å². The maximum Gasteiger partial charge on any atom is 0.224 e. The minimum atomic E-state index is -0.190. The summed E-state index contributed by atoms with van der Waals surface area (Å²) in [5, 5.41) is 7.20. The van der Waals surface area contributed by atoms with Crippen LogP contribution in [-0.4, -0.2) is 21.7 Å². The lowest BCUT2D eigenvalue weighted by Crippen LogP contribution is -2.38. The molecule has 0 saturated carbocycles. The Morgan fingerprint density at radius 1 is 1.29 bits per heavy atom. The highest BCUT2D eigenvalue weighted by Gasteiger charge is 2.16. The van der Waals surface area contributed by atoms with E-state index in [2.05, 4.69) is 22.5 Å². The van der Waals surface area contributed by atoms with Crippen molar-refractivity contribution in [1.29, 1.82) is 0 Å². The fourth-order valence-electron chi connectivity index (χ4n) is 1.94. The molecule has 2 unspecified atom stereocenters. The Morgan fingerprint density at radius 2 is 2.00 bits per heavy atom. The summed E-state index contributed by atoms with van der Waals surface area (Å²) in [4.78, 5) is 11.8. The molecule has 0 aliphatic heterocycles. The van der Waals surface area contributed by atoms with Crippen LogP contribution in [0, 0.1) is 5.92 Å². The number of carbonyl (C=O) groups excluding carboxylic acids is 1. The minimum absolute atomic E-state index is 0.0270. The number of nitrogens with zero attached hydrogens (tertiary/aromatic N) is 2. The van der Waals surface area contributed by atoms with E-state index in [9.17, 15) is 4.79 Å². The van der Waals surface area contributed by atoms with Crippen LogP contribution in [0.15, 0.2) is 42.7 Å². The molecule has 0 fully saturated rings. The number of carbonyl (C=O) groups is 1. The van der Waals surface area contributed by atoms with Crippen molar-refractivity contribution < 1.29 is 4.79 Å². The van der Waals surface area contributed by atoms with Gasteiger partial charge in [-0.15, -0.1) is 0 Å². The Morgan fingerprint density at radius 3 is 2.67 bits per heavy atom. The molecule has 0 spiro atoms. The van der Waals surface area contributed by atoms with E-state index in [0.29, 0.717) is 6.54 Å². The fraction of sp³-hybridized carbons (Fsp3) is 0.375. The molecule has 112 valence electrons. The van der Waals surface area contributed by atoms with Crippen LogP contribution in [-0.2, 0) is 17.9 Å². The van der Waals surface area contributed by atoms with Gasteiger partial charge in [0.25, 0.3) is 0 Å². The molecule has 1 amide bonds. The Kier molecular flexibility index (Phi) is 5.11. The number of rotatable bonds is 6. The highest BCUT2D eigenvalue weighted by molar-refractivity contribution is 5.78. The van der Waals surface area contributed by atoms with Gasteiger partial charge in [-0.05, 0) is 12.5 Å². The molecule has 1 aromatic heterocycles. The lowest BCUT2D eigenvalue weighted by molar-refractivity contribution is -0.125. The number of aromatic nitrogens is 2. The molecule has 0 bridgehead atoms. The van der Waals surface area contributed by atoms with E-state index in [-0.39, 0.29) is 17.9 Å². The zero-order valence-corrected chi connectivity index (χ0v) is 12.5. The van der Waals surface area contributed by atoms with Crippen LogP contribution in [0.25, 0.3) is 0 Å². The first kappa shape index (κ1) is 15.3. The highest BCUT2D eigenvalue weighted by atomic mass is 16.1. The molecular weight excluding hydrogens is 264 g/mol. The molecule has 21 heavy (non-hydrogen) atoms. The molecule has 2 rings (SSSR count). The average Bonchev–Trinajstić information content (AvgIpc) is 2.92. The normalized spacial score (nSPS) is 13.7. The number of amides is 1. The van der Waals surface area contributed by atoms with Crippen molar-refractivity contribution in [2.45, 2.75) is 33.0 Å². The smallest absolute Gasteiger partial charge is 0.224 e. The molecule has 5 nitrogen and oxygen atoms in total. The van der Waals surface area contributed by atoms with Crippen LogP contribution < -0.4 is 11.1 Å². The van der Waals surface area contributed by atoms with Gasteiger partial charge in [0.15, 0.2) is 0 Å². The first-order valence-electron chi connectivity index (χ1n) is 7.15. The van der Waals surface area contributed by atoms with Gasteiger partial charge in [-0.2, -0.15) is 5.10 Å². The molecule has 5 heteroatoms. The quantitative estimate of drug-likeness (QED) is 0.846. The summed E-state index contributed by atoms with van der Waals surface area (Å²) in [5.41, 5.74) is 7.90. The third-order valence-electron chi connectivity index (χ3n) is 3.54. The predicted molar refractivity (Wildman–Crippen MR) is 82.4 cm³/mol. The van der Waals surface area contributed by atoms with E-state index in [4.69, 9.17) is 5.73 Å². The average molecular weight is 286 g/mol. The van der Waals surface area contributed by atoms with Gasteiger partial charge in [0.2, 0.25) is 5.91 Å². The van der Waals surface area contributed by atoms with Gasteiger partial charge < -0.3 is 11.1 Å². The van der Waals surface area contributed by atoms with Gasteiger partial charge in [0.1, 0.15) is 0 Å². The predicted octanol–water partition coefficient (Wildman–Crippen LogP) is 1.53. The van der Waals surface area contributed by atoms with E-state index in [1.807, 2.05) is 42.9 Å². The van der Waals surface area contributed by atoms with Crippen LogP contribution in [0.3, 0.4) is 0 Å². The first-order valence-corrected chi connectivity index (χ1v) is 7.15. The van der Waals surface area contributed by atoms with Crippen molar-refractivity contribution in [1.82, 2.24) is 15.1 Å². The standard InChI is InChI=1S/C16H22N4O/c1-12(13(2)17)16(21)18-8-15-9-19-20(11-15)10-14-6-4-3-5-7-14/h3-7,9,11-13H,8,10,17H2,1-2H3,(H,18,21). The molecule has 1 heterocycles. The third kappa shape index (κ3) is 4.43. The summed E-state index contributed by atoms with van der Waals surface area (Å²) in [7, 11) is 0. The maximum absolute atomic E-state index is 11.8. The topological polar surface area (TPSA) is 72.9 Å². The van der Waals surface area contributed by atoms with Crippen LogP contribution in [0.4, 0.5) is 0 Å². The van der Waals surface area contributed by atoms with Gasteiger partial charge in [0.05, 0.1) is 12.7 Å². The molecule has 0 aliphatic carbocycles. The number of benzene rings is 1. The fourth-order valence-corrected chi connectivity index (χ4v) is 1.94. The van der Waals surface area contributed by atoms with Crippen molar-refractivity contribution in [3.8, 4) is 0 Å². The molecule has 2 aromatic rings. The largest absolute Gasteiger partial charge is 0.352 e. The highest BCUT2D eigenvalue weighted by Crippen LogP contribution is 2.05. The summed E-state index contributed by atoms with van der Waals surface area (Å²) in [6, 6.07) is 9.99. The van der Waals surface area contributed by atoms with E-state index in [0.717, 1.165) is 12.1 Å². The molecular formula is C16H22N4O. The summed E-state index contributed by atoms with van der Waals surface area (Å²) >= 11 is 0. The van der Waals surface area contributed by atoms with Crippen molar-refractivity contribution in [2.75, 3.05) is 0 Å². The summed E-state index contributed by atoms with van der Waals surface area (Å²) in [5.74, 6) is -0.217. The van der Waals surface area contributed by atoms with Crippen molar-refractivity contribution >= 4 is 5.91 Å². The van der Waals surface area contributed by atoms with Gasteiger partial charge in [-0.3, -0.25) is 9.48 Å². The Hall–Kier alpha value is -2.14. The Balaban J connectivity index is 1.87. The van der Waals surface area contributed by atoms with Crippen LogP contribution in [0.2, 0.25) is 0 Å². The first-order chi connectivity index (χ1) is 10.1. The zero-order chi connectivity index (χ0) is 15.2. The van der Waals surface area contributed by atoms with Gasteiger partial charge in [0, 0.05) is 30.3 Å². The molecule has 0 aliphatic rings. The number of hydrogen-bond acceptors (Lipinski definition) is 3. The summed E-state index contributed by atoms with van der Waals surface area (Å²) < 4.78 is 1.87. The summed E-state index contributed by atoms with van der Waals surface area (Å²) in [6.45, 7) is 4.87. The monoisotopic (exact) mass is 286 g/mol. The second kappa shape index (κ2) is 7.04. The van der Waals surface area contributed by atoms with E-state index in [1.165, 1.54) is 5.56 Å². The Labute approximate surface area is 125 Å². The van der Waals surface area contributed by atoms with E-state index in [1.54, 1.807) is 6.20 Å². The van der Waals surface area contributed by atoms with Crippen molar-refractivity contribution in [3.63, 3.8) is 0 Å². The molecule has 1 aromatic carbocycles. The third-order valence-corrected chi connectivity index (χ3v) is 3.54. The van der Waals surface area contributed by atoms with Gasteiger partial charge in [-0.1, -0.05) is 37.3 Å². The zero-order valence-electron chi connectivity index (χ0n) is 12.5. The molecule has 0 saturated heterocycles. The maximum atomic E-state index is 11.8. The van der Waals surface area contributed by atoms with Crippen molar-refractivity contribution in [2.24, 2.45) is 11.7 Å². The number of hydrogen-bond donors (Lipinski definition) is 2. The summed E-state index contributed by atoms with van der Waals surface area (Å²) in [6.07, 6.45) is 3.73. The number of nitrogens with two attached hydrogens (primary N) is 1.